The van der Waals surface area contributed by atoms with Crippen LogP contribution in [0.4, 0.5) is 0 Å². The van der Waals surface area contributed by atoms with E-state index in [0.29, 0.717) is 12.4 Å². The second kappa shape index (κ2) is 5.55. The van der Waals surface area contributed by atoms with Gasteiger partial charge >= 0.3 is 0 Å². The van der Waals surface area contributed by atoms with Crippen LogP contribution in [0.15, 0.2) is 23.6 Å². The number of aromatic nitrogens is 4. The van der Waals surface area contributed by atoms with Crippen molar-refractivity contribution >= 4 is 5.84 Å². The van der Waals surface area contributed by atoms with Crippen molar-refractivity contribution in [3.8, 4) is 0 Å². The molecule has 0 atom stereocenters. The molecule has 0 fully saturated rings. The first-order valence-electron chi connectivity index (χ1n) is 6.24. The summed E-state index contributed by atoms with van der Waals surface area (Å²) in [5.41, 5.74) is 7.72. The maximum atomic E-state index is 8.73. The molecule has 19 heavy (non-hydrogen) atoms. The largest absolute Gasteiger partial charge is 0.409 e. The van der Waals surface area contributed by atoms with Crippen LogP contribution in [0.5, 0.6) is 0 Å². The zero-order chi connectivity index (χ0) is 13.8. The Morgan fingerprint density at radius 2 is 2.26 bits per heavy atom. The van der Waals surface area contributed by atoms with Gasteiger partial charge in [0.1, 0.15) is 0 Å². The fraction of sp³-hybridized carbons (Fsp3) is 0.417. The summed E-state index contributed by atoms with van der Waals surface area (Å²) in [5.74, 6) is 0.452. The summed E-state index contributed by atoms with van der Waals surface area (Å²) in [6.45, 7) is 5.52. The number of oxime groups is 1. The Balaban J connectivity index is 2.31. The van der Waals surface area contributed by atoms with Gasteiger partial charge in [-0.05, 0) is 19.4 Å². The molecule has 7 heteroatoms. The zero-order valence-corrected chi connectivity index (χ0v) is 11.1. The molecule has 102 valence electrons. The number of rotatable bonds is 5. The third-order valence-electron chi connectivity index (χ3n) is 2.96. The summed E-state index contributed by atoms with van der Waals surface area (Å²) in [6.07, 6.45) is 4.32. The molecule has 0 saturated heterocycles. The molecule has 0 spiro atoms. The first-order chi connectivity index (χ1) is 9.19. The predicted octanol–water partition coefficient (Wildman–Crippen LogP) is 0.805. The molecule has 0 amide bonds. The fourth-order valence-electron chi connectivity index (χ4n) is 1.98. The van der Waals surface area contributed by atoms with Gasteiger partial charge in [-0.1, -0.05) is 12.1 Å². The molecule has 0 aliphatic heterocycles. The highest BCUT2D eigenvalue weighted by molar-refractivity contribution is 5.93. The number of hydrogen-bond donors (Lipinski definition) is 2. The van der Waals surface area contributed by atoms with Gasteiger partial charge in [0.25, 0.3) is 0 Å². The Kier molecular flexibility index (Phi) is 3.84. The molecular formula is C12H18N6O. The van der Waals surface area contributed by atoms with E-state index in [9.17, 15) is 0 Å². The molecule has 3 N–H and O–H groups in total. The van der Waals surface area contributed by atoms with Crippen molar-refractivity contribution in [1.29, 1.82) is 0 Å². The van der Waals surface area contributed by atoms with Gasteiger partial charge in [0.2, 0.25) is 5.84 Å². The Hall–Kier alpha value is -2.31. The molecule has 0 radical (unpaired) electrons. The van der Waals surface area contributed by atoms with Gasteiger partial charge in [-0.2, -0.15) is 5.10 Å². The lowest BCUT2D eigenvalue weighted by Gasteiger charge is -2.08. The van der Waals surface area contributed by atoms with Crippen molar-refractivity contribution < 1.29 is 5.21 Å². The molecule has 0 bridgehead atoms. The van der Waals surface area contributed by atoms with E-state index in [-0.39, 0.29) is 5.84 Å². The zero-order valence-electron chi connectivity index (χ0n) is 11.1. The van der Waals surface area contributed by atoms with Crippen LogP contribution >= 0.6 is 0 Å². The standard InChI is InChI=1S/C12H18N6O/c1-3-9-7-10(18(4-2)15-9)8-17-6-5-14-12(17)11(13)16-19/h5-7,19H,3-4,8H2,1-2H3,(H2,13,16). The second-order valence-electron chi connectivity index (χ2n) is 4.16. The maximum absolute atomic E-state index is 8.73. The monoisotopic (exact) mass is 262 g/mol. The number of nitrogens with two attached hydrogens (primary N) is 1. The molecule has 0 saturated carbocycles. The smallest absolute Gasteiger partial charge is 0.206 e. The Morgan fingerprint density at radius 1 is 1.47 bits per heavy atom. The van der Waals surface area contributed by atoms with Gasteiger partial charge in [-0.25, -0.2) is 4.98 Å². The number of imidazole rings is 1. The first kappa shape index (κ1) is 13.1. The van der Waals surface area contributed by atoms with Gasteiger partial charge < -0.3 is 15.5 Å². The van der Waals surface area contributed by atoms with Crippen molar-refractivity contribution in [2.24, 2.45) is 10.9 Å². The molecule has 0 aromatic carbocycles. The van der Waals surface area contributed by atoms with E-state index in [1.165, 1.54) is 0 Å². The molecule has 2 heterocycles. The Morgan fingerprint density at radius 3 is 2.89 bits per heavy atom. The summed E-state index contributed by atoms with van der Waals surface area (Å²) in [6, 6.07) is 2.07. The van der Waals surface area contributed by atoms with Gasteiger partial charge in [-0.15, -0.1) is 0 Å². The predicted molar refractivity (Wildman–Crippen MR) is 71.1 cm³/mol. The quantitative estimate of drug-likeness (QED) is 0.361. The minimum atomic E-state index is 0.00304. The minimum Gasteiger partial charge on any atom is -0.409 e. The third-order valence-corrected chi connectivity index (χ3v) is 2.96. The number of aryl methyl sites for hydroxylation is 2. The normalized spacial score (nSPS) is 12.0. The van der Waals surface area contributed by atoms with E-state index in [1.54, 1.807) is 12.4 Å². The van der Waals surface area contributed by atoms with Crippen molar-refractivity contribution in [1.82, 2.24) is 19.3 Å². The highest BCUT2D eigenvalue weighted by Gasteiger charge is 2.11. The molecule has 2 aromatic rings. The molecule has 2 aromatic heterocycles. The Bertz CT molecular complexity index is 583. The van der Waals surface area contributed by atoms with E-state index in [2.05, 4.69) is 28.2 Å². The van der Waals surface area contributed by atoms with E-state index in [0.717, 1.165) is 24.4 Å². The molecular weight excluding hydrogens is 244 g/mol. The summed E-state index contributed by atoms with van der Waals surface area (Å²) in [4.78, 5) is 4.08. The first-order valence-corrected chi connectivity index (χ1v) is 6.24. The molecule has 2 rings (SSSR count). The lowest BCUT2D eigenvalue weighted by Crippen LogP contribution is -2.20. The van der Waals surface area contributed by atoms with Crippen molar-refractivity contribution in [3.63, 3.8) is 0 Å². The lowest BCUT2D eigenvalue weighted by molar-refractivity contribution is 0.318. The van der Waals surface area contributed by atoms with Crippen LogP contribution < -0.4 is 5.73 Å². The van der Waals surface area contributed by atoms with Gasteiger partial charge in [0.05, 0.1) is 17.9 Å². The van der Waals surface area contributed by atoms with E-state index in [1.807, 2.05) is 16.2 Å². The minimum absolute atomic E-state index is 0.00304. The second-order valence-corrected chi connectivity index (χ2v) is 4.16. The lowest BCUT2D eigenvalue weighted by atomic mass is 10.3. The fourth-order valence-corrected chi connectivity index (χ4v) is 1.98. The third kappa shape index (κ3) is 2.59. The average Bonchev–Trinajstić information content (AvgIpc) is 3.04. The Labute approximate surface area is 111 Å². The van der Waals surface area contributed by atoms with E-state index < -0.39 is 0 Å². The van der Waals surface area contributed by atoms with Crippen LogP contribution in [0, 0.1) is 0 Å². The highest BCUT2D eigenvalue weighted by atomic mass is 16.4. The number of nitrogens with zero attached hydrogens (tertiary/aromatic N) is 5. The SMILES string of the molecule is CCc1cc(Cn2ccnc2C(N)=NO)n(CC)n1. The highest BCUT2D eigenvalue weighted by Crippen LogP contribution is 2.09. The van der Waals surface area contributed by atoms with Crippen LogP contribution in [-0.2, 0) is 19.5 Å². The maximum Gasteiger partial charge on any atom is 0.206 e. The average molecular weight is 262 g/mol. The summed E-state index contributed by atoms with van der Waals surface area (Å²) in [7, 11) is 0. The van der Waals surface area contributed by atoms with Crippen LogP contribution in [0.2, 0.25) is 0 Å². The summed E-state index contributed by atoms with van der Waals surface area (Å²) in [5, 5.41) is 16.2. The van der Waals surface area contributed by atoms with Crippen molar-refractivity contribution in [2.45, 2.75) is 33.4 Å². The van der Waals surface area contributed by atoms with Crippen LogP contribution in [0.25, 0.3) is 0 Å². The van der Waals surface area contributed by atoms with Gasteiger partial charge in [0, 0.05) is 18.9 Å². The summed E-state index contributed by atoms with van der Waals surface area (Å²) >= 11 is 0. The molecule has 7 nitrogen and oxygen atoms in total. The van der Waals surface area contributed by atoms with Crippen molar-refractivity contribution in [3.05, 3.63) is 35.7 Å². The topological polar surface area (TPSA) is 94.3 Å². The summed E-state index contributed by atoms with van der Waals surface area (Å²) < 4.78 is 3.78. The van der Waals surface area contributed by atoms with E-state index in [4.69, 9.17) is 10.9 Å². The number of amidine groups is 1. The molecule has 0 unspecified atom stereocenters. The molecule has 0 aliphatic rings. The van der Waals surface area contributed by atoms with Crippen LogP contribution in [0.3, 0.4) is 0 Å². The number of hydrogen-bond acceptors (Lipinski definition) is 4. The van der Waals surface area contributed by atoms with Crippen molar-refractivity contribution in [2.75, 3.05) is 0 Å². The molecule has 0 aliphatic carbocycles. The van der Waals surface area contributed by atoms with E-state index >= 15 is 0 Å². The van der Waals surface area contributed by atoms with Crippen LogP contribution in [-0.4, -0.2) is 30.4 Å². The van der Waals surface area contributed by atoms with Gasteiger partial charge in [-0.3, -0.25) is 4.68 Å². The van der Waals surface area contributed by atoms with Gasteiger partial charge in [0.15, 0.2) is 5.82 Å². The van der Waals surface area contributed by atoms with Crippen LogP contribution in [0.1, 0.15) is 31.1 Å².